The second kappa shape index (κ2) is 9.67. The lowest BCUT2D eigenvalue weighted by molar-refractivity contribution is -0.129. The van der Waals surface area contributed by atoms with E-state index < -0.39 is 0 Å². The molecular weight excluding hydrogens is 394 g/mol. The van der Waals surface area contributed by atoms with Crippen molar-refractivity contribution < 1.29 is 9.59 Å². The van der Waals surface area contributed by atoms with Gasteiger partial charge in [0.05, 0.1) is 5.75 Å². The summed E-state index contributed by atoms with van der Waals surface area (Å²) in [5, 5.41) is 0.592. The molecular formula is C24H23N3O2S. The van der Waals surface area contributed by atoms with Gasteiger partial charge in [0.15, 0.2) is 10.9 Å². The molecule has 1 aromatic heterocycles. The first-order chi connectivity index (χ1) is 14.7. The molecule has 1 atom stereocenters. The fourth-order valence-corrected chi connectivity index (χ4v) is 4.39. The predicted octanol–water partition coefficient (Wildman–Crippen LogP) is 4.36. The standard InChI is InChI=1S/C24H23N3O2S/c28-22(17-30-24-25-13-5-14-26-24)27-15-4-8-21(16-27)23(29)20-11-9-19(10-12-20)18-6-2-1-3-7-18/h1-3,5-7,9-14,21H,4,8,15-17H2. The van der Waals surface area contributed by atoms with Crippen LogP contribution in [0.3, 0.4) is 0 Å². The predicted molar refractivity (Wildman–Crippen MR) is 118 cm³/mol. The molecule has 1 aliphatic rings. The smallest absolute Gasteiger partial charge is 0.233 e. The number of hydrogen-bond acceptors (Lipinski definition) is 5. The normalized spacial score (nSPS) is 16.3. The van der Waals surface area contributed by atoms with Crippen molar-refractivity contribution in [2.24, 2.45) is 5.92 Å². The SMILES string of the molecule is O=C(c1ccc(-c2ccccc2)cc1)C1CCCN(C(=O)CSc2ncccn2)C1. The van der Waals surface area contributed by atoms with Crippen molar-refractivity contribution in [1.29, 1.82) is 0 Å². The quantitative estimate of drug-likeness (QED) is 0.339. The summed E-state index contributed by atoms with van der Waals surface area (Å²) in [6.07, 6.45) is 4.99. The molecule has 6 heteroatoms. The van der Waals surface area contributed by atoms with E-state index in [-0.39, 0.29) is 23.4 Å². The molecule has 2 aromatic carbocycles. The van der Waals surface area contributed by atoms with Crippen LogP contribution in [0.5, 0.6) is 0 Å². The molecule has 30 heavy (non-hydrogen) atoms. The molecule has 1 unspecified atom stereocenters. The van der Waals surface area contributed by atoms with E-state index in [4.69, 9.17) is 0 Å². The van der Waals surface area contributed by atoms with Crippen LogP contribution in [-0.2, 0) is 4.79 Å². The number of ketones is 1. The number of carbonyl (C=O) groups excluding carboxylic acids is 2. The van der Waals surface area contributed by atoms with E-state index in [9.17, 15) is 9.59 Å². The van der Waals surface area contributed by atoms with E-state index in [2.05, 4.69) is 22.1 Å². The van der Waals surface area contributed by atoms with Gasteiger partial charge in [-0.05, 0) is 30.0 Å². The Morgan fingerprint density at radius 2 is 1.63 bits per heavy atom. The molecule has 152 valence electrons. The third-order valence-corrected chi connectivity index (χ3v) is 6.15. The summed E-state index contributed by atoms with van der Waals surface area (Å²) in [6, 6.07) is 19.6. The molecule has 0 aliphatic carbocycles. The average molecular weight is 418 g/mol. The summed E-state index contributed by atoms with van der Waals surface area (Å²) in [6.45, 7) is 1.18. The van der Waals surface area contributed by atoms with Crippen molar-refractivity contribution in [1.82, 2.24) is 14.9 Å². The molecule has 3 aromatic rings. The molecule has 5 nitrogen and oxygen atoms in total. The van der Waals surface area contributed by atoms with Gasteiger partial charge in [-0.3, -0.25) is 9.59 Å². The van der Waals surface area contributed by atoms with Crippen molar-refractivity contribution in [2.75, 3.05) is 18.8 Å². The molecule has 0 saturated carbocycles. The molecule has 0 bridgehead atoms. The van der Waals surface area contributed by atoms with Crippen LogP contribution in [0.15, 0.2) is 78.2 Å². The van der Waals surface area contributed by atoms with Crippen molar-refractivity contribution in [3.05, 3.63) is 78.6 Å². The van der Waals surface area contributed by atoms with Crippen molar-refractivity contribution in [2.45, 2.75) is 18.0 Å². The Bertz CT molecular complexity index is 994. The zero-order valence-electron chi connectivity index (χ0n) is 16.6. The number of amides is 1. The van der Waals surface area contributed by atoms with E-state index >= 15 is 0 Å². The van der Waals surface area contributed by atoms with Crippen molar-refractivity contribution in [3.8, 4) is 11.1 Å². The maximum Gasteiger partial charge on any atom is 0.233 e. The van der Waals surface area contributed by atoms with Crippen LogP contribution in [0.4, 0.5) is 0 Å². The maximum atomic E-state index is 13.0. The minimum Gasteiger partial charge on any atom is -0.341 e. The third-order valence-electron chi connectivity index (χ3n) is 5.29. The number of likely N-dealkylation sites (tertiary alicyclic amines) is 1. The second-order valence-corrected chi connectivity index (χ2v) is 8.25. The van der Waals surface area contributed by atoms with Crippen LogP contribution in [0.25, 0.3) is 11.1 Å². The molecule has 1 aliphatic heterocycles. The van der Waals surface area contributed by atoms with Gasteiger partial charge in [-0.1, -0.05) is 66.4 Å². The highest BCUT2D eigenvalue weighted by molar-refractivity contribution is 7.99. The van der Waals surface area contributed by atoms with Gasteiger partial charge in [0.25, 0.3) is 0 Å². The number of aromatic nitrogens is 2. The van der Waals surface area contributed by atoms with E-state index in [0.29, 0.717) is 23.8 Å². The Labute approximate surface area is 180 Å². The lowest BCUT2D eigenvalue weighted by Gasteiger charge is -2.32. The lowest BCUT2D eigenvalue weighted by atomic mass is 9.89. The Balaban J connectivity index is 1.36. The van der Waals surface area contributed by atoms with Crippen LogP contribution >= 0.6 is 11.8 Å². The summed E-state index contributed by atoms with van der Waals surface area (Å²) in [5.41, 5.74) is 2.93. The van der Waals surface area contributed by atoms with Crippen LogP contribution in [0.2, 0.25) is 0 Å². The van der Waals surface area contributed by atoms with Gasteiger partial charge >= 0.3 is 0 Å². The van der Waals surface area contributed by atoms with E-state index in [0.717, 1.165) is 24.0 Å². The topological polar surface area (TPSA) is 63.2 Å². The molecule has 0 radical (unpaired) electrons. The zero-order valence-corrected chi connectivity index (χ0v) is 17.4. The Morgan fingerprint density at radius 3 is 2.37 bits per heavy atom. The first-order valence-electron chi connectivity index (χ1n) is 10.1. The van der Waals surface area contributed by atoms with Crippen molar-refractivity contribution in [3.63, 3.8) is 0 Å². The molecule has 1 saturated heterocycles. The monoisotopic (exact) mass is 417 g/mol. The van der Waals surface area contributed by atoms with E-state index in [1.54, 1.807) is 23.4 Å². The Kier molecular flexibility index (Phi) is 6.54. The third kappa shape index (κ3) is 4.94. The second-order valence-electron chi connectivity index (χ2n) is 7.31. The largest absolute Gasteiger partial charge is 0.341 e. The highest BCUT2D eigenvalue weighted by Gasteiger charge is 2.29. The number of carbonyl (C=O) groups is 2. The van der Waals surface area contributed by atoms with Crippen molar-refractivity contribution >= 4 is 23.5 Å². The summed E-state index contributed by atoms with van der Waals surface area (Å²) < 4.78 is 0. The van der Waals surface area contributed by atoms with Crippen LogP contribution < -0.4 is 0 Å². The first-order valence-corrected chi connectivity index (χ1v) is 11.1. The number of thioether (sulfide) groups is 1. The fraction of sp³-hybridized carbons (Fsp3) is 0.250. The number of nitrogens with zero attached hydrogens (tertiary/aromatic N) is 3. The highest BCUT2D eigenvalue weighted by Crippen LogP contribution is 2.25. The minimum atomic E-state index is -0.150. The molecule has 1 amide bonds. The van der Waals surface area contributed by atoms with Crippen LogP contribution in [0, 0.1) is 5.92 Å². The Hall–Kier alpha value is -2.99. The van der Waals surface area contributed by atoms with Gasteiger partial charge in [-0.2, -0.15) is 0 Å². The van der Waals surface area contributed by atoms with Gasteiger partial charge in [0.2, 0.25) is 5.91 Å². The zero-order chi connectivity index (χ0) is 20.8. The molecule has 0 spiro atoms. The number of Topliss-reactive ketones (excluding diaryl/α,β-unsaturated/α-hetero) is 1. The van der Waals surface area contributed by atoms with Crippen LogP contribution in [0.1, 0.15) is 23.2 Å². The minimum absolute atomic E-state index is 0.0318. The lowest BCUT2D eigenvalue weighted by Crippen LogP contribution is -2.43. The summed E-state index contributed by atoms with van der Waals surface area (Å²) in [7, 11) is 0. The number of piperidine rings is 1. The summed E-state index contributed by atoms with van der Waals surface area (Å²) in [5.74, 6) is 0.287. The van der Waals surface area contributed by atoms with Gasteiger partial charge in [-0.15, -0.1) is 0 Å². The maximum absolute atomic E-state index is 13.0. The van der Waals surface area contributed by atoms with Gasteiger partial charge in [0, 0.05) is 37.0 Å². The molecule has 4 rings (SSSR count). The summed E-state index contributed by atoms with van der Waals surface area (Å²) in [4.78, 5) is 35.7. The van der Waals surface area contributed by atoms with E-state index in [1.807, 2.05) is 42.5 Å². The highest BCUT2D eigenvalue weighted by atomic mass is 32.2. The Morgan fingerprint density at radius 1 is 0.933 bits per heavy atom. The fourth-order valence-electron chi connectivity index (χ4n) is 3.69. The molecule has 0 N–H and O–H groups in total. The van der Waals surface area contributed by atoms with Gasteiger partial charge < -0.3 is 4.90 Å². The number of hydrogen-bond donors (Lipinski definition) is 0. The van der Waals surface area contributed by atoms with Crippen LogP contribution in [-0.4, -0.2) is 45.4 Å². The van der Waals surface area contributed by atoms with E-state index in [1.165, 1.54) is 11.8 Å². The summed E-state index contributed by atoms with van der Waals surface area (Å²) >= 11 is 1.33. The van der Waals surface area contributed by atoms with Gasteiger partial charge in [0.1, 0.15) is 0 Å². The molecule has 1 fully saturated rings. The number of rotatable bonds is 6. The molecule has 2 heterocycles. The average Bonchev–Trinajstić information content (AvgIpc) is 2.83. The van der Waals surface area contributed by atoms with Gasteiger partial charge in [-0.25, -0.2) is 9.97 Å². The number of benzene rings is 2. The first kappa shape index (κ1) is 20.3.